The molecule has 0 spiro atoms. The van der Waals surface area contributed by atoms with Gasteiger partial charge in [-0.2, -0.15) is 0 Å². The molecule has 0 aliphatic heterocycles. The Balaban J connectivity index is 1.80. The van der Waals surface area contributed by atoms with Crippen LogP contribution in [0.3, 0.4) is 0 Å². The highest BCUT2D eigenvalue weighted by Crippen LogP contribution is 2.54. The molecule has 0 aromatic heterocycles. The zero-order valence-electron chi connectivity index (χ0n) is 16.5. The Bertz CT molecular complexity index is 569. The summed E-state index contributed by atoms with van der Waals surface area (Å²) in [5.41, 5.74) is 3.24. The number of unbranched alkanes of at least 4 members (excludes halogenated alkanes) is 1. The minimum Gasteiger partial charge on any atom is -0.508 e. The fourth-order valence-corrected chi connectivity index (χ4v) is 5.72. The first-order valence-corrected chi connectivity index (χ1v) is 10.6. The van der Waals surface area contributed by atoms with E-state index in [0.29, 0.717) is 11.8 Å². The Kier molecular flexibility index (Phi) is 6.09. The summed E-state index contributed by atoms with van der Waals surface area (Å²) in [6.07, 6.45) is 11.6. The number of hydrogen-bond donors (Lipinski definition) is 2. The number of hydrogen-bond acceptors (Lipinski definition) is 2. The minimum absolute atomic E-state index is 0.279. The lowest BCUT2D eigenvalue weighted by Gasteiger charge is -2.52. The van der Waals surface area contributed by atoms with Crippen molar-refractivity contribution in [3.63, 3.8) is 0 Å². The number of fused-ring (bicyclic) bond motifs is 3. The first kappa shape index (κ1) is 18.8. The van der Waals surface area contributed by atoms with Crippen molar-refractivity contribution < 1.29 is 5.11 Å². The van der Waals surface area contributed by atoms with Crippen LogP contribution in [0.2, 0.25) is 0 Å². The van der Waals surface area contributed by atoms with Gasteiger partial charge in [-0.05, 0) is 80.7 Å². The molecule has 3 rings (SSSR count). The zero-order valence-corrected chi connectivity index (χ0v) is 16.5. The van der Waals surface area contributed by atoms with Crippen molar-refractivity contribution in [1.82, 2.24) is 5.32 Å². The van der Waals surface area contributed by atoms with Crippen molar-refractivity contribution in [3.8, 4) is 5.75 Å². The van der Waals surface area contributed by atoms with Crippen molar-refractivity contribution in [1.29, 1.82) is 0 Å². The van der Waals surface area contributed by atoms with Crippen molar-refractivity contribution in [2.45, 2.75) is 90.0 Å². The van der Waals surface area contributed by atoms with Gasteiger partial charge in [-0.3, -0.25) is 0 Å². The smallest absolute Gasteiger partial charge is 0.115 e. The molecule has 2 nitrogen and oxygen atoms in total. The Hall–Kier alpha value is -1.02. The molecule has 0 bridgehead atoms. The van der Waals surface area contributed by atoms with Crippen LogP contribution in [0.1, 0.15) is 83.3 Å². The van der Waals surface area contributed by atoms with Crippen LogP contribution < -0.4 is 5.32 Å². The van der Waals surface area contributed by atoms with Crippen molar-refractivity contribution in [2.24, 2.45) is 11.8 Å². The van der Waals surface area contributed by atoms with Gasteiger partial charge < -0.3 is 10.4 Å². The fraction of sp³-hybridized carbons (Fsp3) is 0.739. The van der Waals surface area contributed by atoms with Crippen LogP contribution >= 0.6 is 0 Å². The van der Waals surface area contributed by atoms with E-state index in [2.05, 4.69) is 38.2 Å². The maximum Gasteiger partial charge on any atom is 0.115 e. The first-order valence-electron chi connectivity index (χ1n) is 10.6. The van der Waals surface area contributed by atoms with E-state index in [1.54, 1.807) is 0 Å². The zero-order chi connectivity index (χ0) is 17.9. The van der Waals surface area contributed by atoms with Gasteiger partial charge >= 0.3 is 0 Å². The maximum absolute atomic E-state index is 10.2. The van der Waals surface area contributed by atoms with E-state index in [9.17, 15) is 5.11 Å². The molecule has 0 unspecified atom stereocenters. The van der Waals surface area contributed by atoms with Gasteiger partial charge in [0.1, 0.15) is 5.75 Å². The van der Waals surface area contributed by atoms with E-state index in [0.717, 1.165) is 18.4 Å². The summed E-state index contributed by atoms with van der Waals surface area (Å²) < 4.78 is 0. The summed E-state index contributed by atoms with van der Waals surface area (Å²) >= 11 is 0. The second-order valence-electron chi connectivity index (χ2n) is 8.78. The van der Waals surface area contributed by atoms with Gasteiger partial charge in [0, 0.05) is 11.5 Å². The van der Waals surface area contributed by atoms with Crippen molar-refractivity contribution in [2.75, 3.05) is 6.54 Å². The molecule has 2 aliphatic carbocycles. The molecule has 0 saturated heterocycles. The van der Waals surface area contributed by atoms with E-state index in [-0.39, 0.29) is 5.41 Å². The summed E-state index contributed by atoms with van der Waals surface area (Å²) in [4.78, 5) is 0. The SMILES string of the molecule is CCCC[C@@H](C)NCC[C@]12CCCC[C@H]1[C@H](C)Cc1ccc(O)cc12. The number of aromatic hydroxyl groups is 1. The average molecular weight is 344 g/mol. The van der Waals surface area contributed by atoms with Crippen molar-refractivity contribution >= 4 is 0 Å². The Labute approximate surface area is 154 Å². The van der Waals surface area contributed by atoms with Crippen LogP contribution in [0, 0.1) is 11.8 Å². The third-order valence-corrected chi connectivity index (χ3v) is 7.01. The molecule has 1 aromatic rings. The molecule has 0 amide bonds. The molecule has 0 radical (unpaired) electrons. The predicted molar refractivity (Wildman–Crippen MR) is 106 cm³/mol. The van der Waals surface area contributed by atoms with Crippen LogP contribution in [-0.4, -0.2) is 17.7 Å². The molecule has 25 heavy (non-hydrogen) atoms. The lowest BCUT2D eigenvalue weighted by Crippen LogP contribution is -2.47. The lowest BCUT2D eigenvalue weighted by molar-refractivity contribution is 0.101. The van der Waals surface area contributed by atoms with Gasteiger partial charge in [-0.15, -0.1) is 0 Å². The maximum atomic E-state index is 10.2. The summed E-state index contributed by atoms with van der Waals surface area (Å²) in [6.45, 7) is 8.15. The second kappa shape index (κ2) is 8.12. The van der Waals surface area contributed by atoms with Crippen LogP contribution in [0.25, 0.3) is 0 Å². The quantitative estimate of drug-likeness (QED) is 0.678. The fourth-order valence-electron chi connectivity index (χ4n) is 5.72. The highest BCUT2D eigenvalue weighted by atomic mass is 16.3. The van der Waals surface area contributed by atoms with E-state index in [1.807, 2.05) is 6.07 Å². The standard InChI is InChI=1S/C23H37NO/c1-4-5-8-18(3)24-14-13-23-12-7-6-9-21(23)17(2)15-19-10-11-20(25)16-22(19)23/h10-11,16-18,21,24-25H,4-9,12-15H2,1-3H3/t17-,18-,21+,23-/m1/s1. The average Bonchev–Trinajstić information content (AvgIpc) is 2.61. The highest BCUT2D eigenvalue weighted by Gasteiger charge is 2.47. The first-order chi connectivity index (χ1) is 12.1. The van der Waals surface area contributed by atoms with Crippen LogP contribution in [0.4, 0.5) is 0 Å². The van der Waals surface area contributed by atoms with E-state index in [4.69, 9.17) is 0 Å². The van der Waals surface area contributed by atoms with Gasteiger partial charge in [0.05, 0.1) is 0 Å². The molecule has 2 N–H and O–H groups in total. The molecule has 1 saturated carbocycles. The van der Waals surface area contributed by atoms with Crippen molar-refractivity contribution in [3.05, 3.63) is 29.3 Å². The number of phenolic OH excluding ortho intramolecular Hbond substituents is 1. The predicted octanol–water partition coefficient (Wildman–Crippen LogP) is 5.57. The monoisotopic (exact) mass is 343 g/mol. The number of phenols is 1. The van der Waals surface area contributed by atoms with Gasteiger partial charge in [0.25, 0.3) is 0 Å². The Morgan fingerprint density at radius 2 is 2.16 bits per heavy atom. The molecule has 1 fully saturated rings. The third kappa shape index (κ3) is 3.89. The largest absolute Gasteiger partial charge is 0.508 e. The molecular formula is C23H37NO. The molecule has 2 heteroatoms. The van der Waals surface area contributed by atoms with Crippen LogP contribution in [0.15, 0.2) is 18.2 Å². The van der Waals surface area contributed by atoms with Gasteiger partial charge in [0.15, 0.2) is 0 Å². The molecule has 0 heterocycles. The second-order valence-corrected chi connectivity index (χ2v) is 8.78. The molecule has 2 aliphatic rings. The highest BCUT2D eigenvalue weighted by molar-refractivity contribution is 5.43. The lowest BCUT2D eigenvalue weighted by atomic mass is 9.53. The minimum atomic E-state index is 0.279. The summed E-state index contributed by atoms with van der Waals surface area (Å²) in [5, 5.41) is 13.9. The van der Waals surface area contributed by atoms with Crippen LogP contribution in [-0.2, 0) is 11.8 Å². The Morgan fingerprint density at radius 1 is 1.32 bits per heavy atom. The summed E-state index contributed by atoms with van der Waals surface area (Å²) in [7, 11) is 0. The molecule has 4 atom stereocenters. The van der Waals surface area contributed by atoms with E-state index in [1.165, 1.54) is 68.9 Å². The van der Waals surface area contributed by atoms with Crippen LogP contribution in [0.5, 0.6) is 5.75 Å². The molecule has 1 aromatic carbocycles. The molecular weight excluding hydrogens is 306 g/mol. The molecule has 140 valence electrons. The van der Waals surface area contributed by atoms with E-state index < -0.39 is 0 Å². The van der Waals surface area contributed by atoms with Gasteiger partial charge in [-0.1, -0.05) is 45.6 Å². The summed E-state index contributed by atoms with van der Waals surface area (Å²) in [5.74, 6) is 1.99. The summed E-state index contributed by atoms with van der Waals surface area (Å²) in [6, 6.07) is 6.78. The third-order valence-electron chi connectivity index (χ3n) is 7.01. The Morgan fingerprint density at radius 3 is 2.96 bits per heavy atom. The topological polar surface area (TPSA) is 32.3 Å². The van der Waals surface area contributed by atoms with E-state index >= 15 is 0 Å². The number of rotatable bonds is 7. The van der Waals surface area contributed by atoms with Gasteiger partial charge in [0.2, 0.25) is 0 Å². The normalized spacial score (nSPS) is 29.7. The number of nitrogens with one attached hydrogen (secondary N) is 1. The van der Waals surface area contributed by atoms with Gasteiger partial charge in [-0.25, -0.2) is 0 Å². The number of benzene rings is 1.